The Morgan fingerprint density at radius 2 is 1.90 bits per heavy atom. The number of rotatable bonds is 4. The highest BCUT2D eigenvalue weighted by Crippen LogP contribution is 2.28. The summed E-state index contributed by atoms with van der Waals surface area (Å²) in [4.78, 5) is 0.0115. The zero-order chi connectivity index (χ0) is 14.8. The van der Waals surface area contributed by atoms with Gasteiger partial charge in [0.1, 0.15) is 10.6 Å². The van der Waals surface area contributed by atoms with E-state index >= 15 is 0 Å². The van der Waals surface area contributed by atoms with Gasteiger partial charge >= 0.3 is 0 Å². The summed E-state index contributed by atoms with van der Waals surface area (Å²) in [6.07, 6.45) is 0. The molecular formula is C13H13ClN2O3S. The van der Waals surface area contributed by atoms with Crippen molar-refractivity contribution >= 4 is 33.0 Å². The van der Waals surface area contributed by atoms with E-state index in [1.54, 1.807) is 24.3 Å². The molecule has 0 aliphatic rings. The lowest BCUT2D eigenvalue weighted by molar-refractivity contribution is 0.417. The van der Waals surface area contributed by atoms with Crippen molar-refractivity contribution in [1.82, 2.24) is 0 Å². The second-order valence-corrected chi connectivity index (χ2v) is 6.05. The zero-order valence-corrected chi connectivity index (χ0v) is 12.2. The number of nitrogen functional groups attached to an aromatic ring is 1. The summed E-state index contributed by atoms with van der Waals surface area (Å²) >= 11 is 5.89. The number of methoxy groups -OCH3 is 1. The van der Waals surface area contributed by atoms with Crippen LogP contribution >= 0.6 is 11.6 Å². The highest BCUT2D eigenvalue weighted by molar-refractivity contribution is 7.92. The lowest BCUT2D eigenvalue weighted by Gasteiger charge is -2.11. The van der Waals surface area contributed by atoms with Crippen LogP contribution < -0.4 is 15.2 Å². The maximum atomic E-state index is 12.2. The molecule has 0 saturated heterocycles. The second kappa shape index (κ2) is 5.60. The van der Waals surface area contributed by atoms with Crippen LogP contribution in [-0.4, -0.2) is 15.5 Å². The molecule has 20 heavy (non-hydrogen) atoms. The van der Waals surface area contributed by atoms with Crippen LogP contribution in [0.3, 0.4) is 0 Å². The Morgan fingerprint density at radius 1 is 1.20 bits per heavy atom. The fourth-order valence-electron chi connectivity index (χ4n) is 1.65. The zero-order valence-electron chi connectivity index (χ0n) is 10.6. The number of ether oxygens (including phenoxy) is 1. The largest absolute Gasteiger partial charge is 0.495 e. The third-order valence-electron chi connectivity index (χ3n) is 2.61. The summed E-state index contributed by atoms with van der Waals surface area (Å²) in [5.41, 5.74) is 6.44. The Labute approximate surface area is 122 Å². The van der Waals surface area contributed by atoms with Crippen molar-refractivity contribution in [3.8, 4) is 5.75 Å². The van der Waals surface area contributed by atoms with E-state index < -0.39 is 10.0 Å². The predicted molar refractivity (Wildman–Crippen MR) is 79.7 cm³/mol. The first kappa shape index (κ1) is 14.5. The van der Waals surface area contributed by atoms with Crippen molar-refractivity contribution in [3.63, 3.8) is 0 Å². The number of nitrogens with one attached hydrogen (secondary N) is 1. The van der Waals surface area contributed by atoms with Crippen molar-refractivity contribution in [1.29, 1.82) is 0 Å². The molecule has 2 rings (SSSR count). The fourth-order valence-corrected chi connectivity index (χ4v) is 3.22. The molecule has 0 aliphatic carbocycles. The summed E-state index contributed by atoms with van der Waals surface area (Å²) in [7, 11) is -2.30. The van der Waals surface area contributed by atoms with E-state index in [-0.39, 0.29) is 9.92 Å². The molecule has 0 saturated carbocycles. The summed E-state index contributed by atoms with van der Waals surface area (Å²) in [5, 5.41) is 0.155. The minimum Gasteiger partial charge on any atom is -0.495 e. The Bertz CT molecular complexity index is 732. The van der Waals surface area contributed by atoms with Gasteiger partial charge in [-0.05, 0) is 24.3 Å². The molecule has 0 unspecified atom stereocenters. The van der Waals surface area contributed by atoms with Crippen molar-refractivity contribution in [3.05, 3.63) is 47.5 Å². The quantitative estimate of drug-likeness (QED) is 0.851. The van der Waals surface area contributed by atoms with Gasteiger partial charge in [-0.2, -0.15) is 0 Å². The number of hydrogen-bond donors (Lipinski definition) is 2. The molecule has 5 nitrogen and oxygen atoms in total. The highest BCUT2D eigenvalue weighted by Gasteiger charge is 2.17. The van der Waals surface area contributed by atoms with E-state index in [1.165, 1.54) is 25.3 Å². The fraction of sp³-hybridized carbons (Fsp3) is 0.0769. The first-order valence-corrected chi connectivity index (χ1v) is 7.51. The van der Waals surface area contributed by atoms with Crippen molar-refractivity contribution in [2.45, 2.75) is 4.90 Å². The van der Waals surface area contributed by atoms with Gasteiger partial charge in [0.05, 0.1) is 23.5 Å². The van der Waals surface area contributed by atoms with Gasteiger partial charge in [-0.25, -0.2) is 8.42 Å². The Hall–Kier alpha value is -1.92. The molecule has 0 heterocycles. The predicted octanol–water partition coefficient (Wildman–Crippen LogP) is 2.73. The van der Waals surface area contributed by atoms with E-state index in [9.17, 15) is 8.42 Å². The number of sulfonamides is 1. The van der Waals surface area contributed by atoms with E-state index in [0.29, 0.717) is 17.1 Å². The molecule has 0 atom stereocenters. The van der Waals surface area contributed by atoms with Gasteiger partial charge in [0.25, 0.3) is 10.0 Å². The molecule has 106 valence electrons. The van der Waals surface area contributed by atoms with Gasteiger partial charge < -0.3 is 10.5 Å². The maximum Gasteiger partial charge on any atom is 0.263 e. The lowest BCUT2D eigenvalue weighted by atomic mass is 10.2. The molecule has 0 fully saturated rings. The number of halogens is 1. The summed E-state index contributed by atoms with van der Waals surface area (Å²) in [5.74, 6) is 0.393. The minimum absolute atomic E-state index is 0.0115. The smallest absolute Gasteiger partial charge is 0.263 e. The molecule has 2 aromatic rings. The summed E-state index contributed by atoms with van der Waals surface area (Å²) in [6.45, 7) is 0. The van der Waals surface area contributed by atoms with Crippen LogP contribution in [0.15, 0.2) is 47.4 Å². The first-order chi connectivity index (χ1) is 9.44. The van der Waals surface area contributed by atoms with E-state index in [2.05, 4.69) is 4.72 Å². The average molecular weight is 313 g/mol. The molecule has 0 aliphatic heterocycles. The topological polar surface area (TPSA) is 81.4 Å². The molecule has 0 radical (unpaired) electrons. The van der Waals surface area contributed by atoms with Gasteiger partial charge in [-0.15, -0.1) is 0 Å². The number of hydrogen-bond acceptors (Lipinski definition) is 4. The maximum absolute atomic E-state index is 12.2. The van der Waals surface area contributed by atoms with Crippen LogP contribution in [0.4, 0.5) is 11.4 Å². The second-order valence-electron chi connectivity index (χ2n) is 3.99. The van der Waals surface area contributed by atoms with Gasteiger partial charge in [0.2, 0.25) is 0 Å². The van der Waals surface area contributed by atoms with Gasteiger partial charge in [0.15, 0.2) is 0 Å². The van der Waals surface area contributed by atoms with E-state index in [1.807, 2.05) is 0 Å². The molecule has 3 N–H and O–H groups in total. The molecular weight excluding hydrogens is 300 g/mol. The van der Waals surface area contributed by atoms with Crippen LogP contribution in [-0.2, 0) is 10.0 Å². The van der Waals surface area contributed by atoms with Crippen LogP contribution in [0.5, 0.6) is 5.75 Å². The van der Waals surface area contributed by atoms with Crippen LogP contribution in [0, 0.1) is 0 Å². The number of anilines is 2. The third-order valence-corrected chi connectivity index (χ3v) is 4.49. The molecule has 2 aromatic carbocycles. The van der Waals surface area contributed by atoms with Crippen LogP contribution in [0.2, 0.25) is 5.02 Å². The first-order valence-electron chi connectivity index (χ1n) is 5.65. The number of nitrogens with two attached hydrogens (primary N) is 1. The lowest BCUT2D eigenvalue weighted by Crippen LogP contribution is -2.13. The summed E-state index contributed by atoms with van der Waals surface area (Å²) < 4.78 is 32.0. The van der Waals surface area contributed by atoms with Gasteiger partial charge in [0, 0.05) is 6.07 Å². The monoisotopic (exact) mass is 312 g/mol. The van der Waals surface area contributed by atoms with Crippen LogP contribution in [0.25, 0.3) is 0 Å². The normalized spacial score (nSPS) is 11.1. The molecule has 0 bridgehead atoms. The van der Waals surface area contributed by atoms with Crippen molar-refractivity contribution < 1.29 is 13.2 Å². The molecule has 7 heteroatoms. The van der Waals surface area contributed by atoms with Crippen molar-refractivity contribution in [2.24, 2.45) is 0 Å². The highest BCUT2D eigenvalue weighted by atomic mass is 35.5. The Kier molecular flexibility index (Phi) is 4.06. The number of benzene rings is 2. The standard InChI is InChI=1S/C13H13ClN2O3S/c1-19-12-8-9(6-7-11(12)15)16-20(17,18)13-5-3-2-4-10(13)14/h2-8,16H,15H2,1H3. The van der Waals surface area contributed by atoms with Crippen molar-refractivity contribution in [2.75, 3.05) is 17.6 Å². The summed E-state index contributed by atoms with van der Waals surface area (Å²) in [6, 6.07) is 10.8. The van der Waals surface area contributed by atoms with E-state index in [0.717, 1.165) is 0 Å². The molecule has 0 aromatic heterocycles. The molecule has 0 amide bonds. The van der Waals surface area contributed by atoms with E-state index in [4.69, 9.17) is 22.1 Å². The molecule has 0 spiro atoms. The Morgan fingerprint density at radius 3 is 2.55 bits per heavy atom. The Balaban J connectivity index is 2.36. The average Bonchev–Trinajstić information content (AvgIpc) is 2.41. The third kappa shape index (κ3) is 2.97. The van der Waals surface area contributed by atoms with Gasteiger partial charge in [-0.1, -0.05) is 23.7 Å². The van der Waals surface area contributed by atoms with Gasteiger partial charge in [-0.3, -0.25) is 4.72 Å². The SMILES string of the molecule is COc1cc(NS(=O)(=O)c2ccccc2Cl)ccc1N. The van der Waals surface area contributed by atoms with Crippen LogP contribution in [0.1, 0.15) is 0 Å². The minimum atomic E-state index is -3.76.